The number of hydrogen-bond acceptors (Lipinski definition) is 4. The van der Waals surface area contributed by atoms with E-state index in [1.807, 2.05) is 12.5 Å². The molecule has 29 heavy (non-hydrogen) atoms. The zero-order valence-electron chi connectivity index (χ0n) is 18.2. The van der Waals surface area contributed by atoms with Gasteiger partial charge in [-0.1, -0.05) is 19.3 Å². The van der Waals surface area contributed by atoms with Crippen LogP contribution >= 0.6 is 0 Å². The zero-order valence-corrected chi connectivity index (χ0v) is 18.2. The van der Waals surface area contributed by atoms with E-state index < -0.39 is 0 Å². The van der Waals surface area contributed by atoms with Crippen molar-refractivity contribution in [1.29, 1.82) is 0 Å². The molecular weight excluding hydrogens is 362 g/mol. The van der Waals surface area contributed by atoms with E-state index in [4.69, 9.17) is 0 Å². The lowest BCUT2D eigenvalue weighted by Gasteiger charge is -2.53. The fourth-order valence-corrected chi connectivity index (χ4v) is 6.03. The van der Waals surface area contributed by atoms with Gasteiger partial charge >= 0.3 is 0 Å². The molecule has 6 heteroatoms. The van der Waals surface area contributed by atoms with Gasteiger partial charge in [-0.05, 0) is 64.6 Å². The fraction of sp³-hybridized carbons (Fsp3) is 0.826. The fourth-order valence-electron chi connectivity index (χ4n) is 6.03. The second kappa shape index (κ2) is 9.61. The first-order chi connectivity index (χ1) is 14.2. The van der Waals surface area contributed by atoms with E-state index >= 15 is 0 Å². The second-order valence-corrected chi connectivity index (χ2v) is 9.68. The van der Waals surface area contributed by atoms with Gasteiger partial charge in [-0.25, -0.2) is 4.98 Å². The van der Waals surface area contributed by atoms with Crippen molar-refractivity contribution in [3.05, 3.63) is 18.7 Å². The smallest absolute Gasteiger partial charge is 0.227 e. The van der Waals surface area contributed by atoms with Gasteiger partial charge in [0.05, 0.1) is 11.7 Å². The number of amides is 1. The van der Waals surface area contributed by atoms with E-state index in [0.717, 1.165) is 64.3 Å². The lowest BCUT2D eigenvalue weighted by molar-refractivity contribution is -0.144. The molecule has 0 spiro atoms. The van der Waals surface area contributed by atoms with E-state index in [-0.39, 0.29) is 5.41 Å². The SMILES string of the molecule is CN1CCC[C@@]2(C(=O)NCCCn3ccnc3)CCN(CC3CCCCC3)C[C@H]12. The van der Waals surface area contributed by atoms with E-state index in [1.165, 1.54) is 38.6 Å². The number of aryl methyl sites for hydroxylation is 1. The molecule has 162 valence electrons. The molecule has 3 fully saturated rings. The van der Waals surface area contributed by atoms with Crippen LogP contribution in [0.4, 0.5) is 0 Å². The average Bonchev–Trinajstić information content (AvgIpc) is 3.26. The van der Waals surface area contributed by atoms with Crippen LogP contribution in [0.25, 0.3) is 0 Å². The van der Waals surface area contributed by atoms with Crippen LogP contribution in [-0.2, 0) is 11.3 Å². The van der Waals surface area contributed by atoms with Crippen molar-refractivity contribution in [2.24, 2.45) is 11.3 Å². The summed E-state index contributed by atoms with van der Waals surface area (Å²) in [6.45, 7) is 6.18. The van der Waals surface area contributed by atoms with Crippen LogP contribution in [0.1, 0.15) is 57.8 Å². The lowest BCUT2D eigenvalue weighted by atomic mass is 9.67. The normalized spacial score (nSPS) is 29.5. The Labute approximate surface area is 176 Å². The van der Waals surface area contributed by atoms with Gasteiger partial charge in [0.2, 0.25) is 5.91 Å². The largest absolute Gasteiger partial charge is 0.356 e. The minimum absolute atomic E-state index is 0.189. The summed E-state index contributed by atoms with van der Waals surface area (Å²) in [6.07, 6.45) is 16.8. The van der Waals surface area contributed by atoms with Gasteiger partial charge in [-0.15, -0.1) is 0 Å². The molecule has 0 unspecified atom stereocenters. The highest BCUT2D eigenvalue weighted by atomic mass is 16.2. The highest BCUT2D eigenvalue weighted by Gasteiger charge is 2.51. The Morgan fingerprint density at radius 3 is 2.83 bits per heavy atom. The molecule has 1 aromatic rings. The van der Waals surface area contributed by atoms with Crippen molar-refractivity contribution in [1.82, 2.24) is 24.7 Å². The first kappa shape index (κ1) is 20.9. The van der Waals surface area contributed by atoms with Crippen molar-refractivity contribution in [3.63, 3.8) is 0 Å². The number of rotatable bonds is 7. The van der Waals surface area contributed by atoms with E-state index in [2.05, 4.69) is 31.7 Å². The number of carbonyl (C=O) groups is 1. The molecular formula is C23H39N5O. The predicted octanol–water partition coefficient (Wildman–Crippen LogP) is 2.76. The Bertz CT molecular complexity index is 642. The summed E-state index contributed by atoms with van der Waals surface area (Å²) in [4.78, 5) is 22.6. The molecule has 2 aliphatic heterocycles. The first-order valence-corrected chi connectivity index (χ1v) is 11.8. The van der Waals surface area contributed by atoms with Gasteiger partial charge in [0.15, 0.2) is 0 Å². The maximum absolute atomic E-state index is 13.4. The summed E-state index contributed by atoms with van der Waals surface area (Å²) in [5, 5.41) is 3.30. The predicted molar refractivity (Wildman–Crippen MR) is 116 cm³/mol. The highest BCUT2D eigenvalue weighted by Crippen LogP contribution is 2.42. The third-order valence-corrected chi connectivity index (χ3v) is 7.74. The monoisotopic (exact) mass is 401 g/mol. The standard InChI is InChI=1S/C23H39N5O/c1-26-13-5-9-23(22(29)25-11-6-14-27-16-12-24-19-27)10-15-28(18-21(23)26)17-20-7-3-2-4-8-20/h12,16,19-21H,2-11,13-15,17-18H2,1H3,(H,25,29)/t21-,23+/m0/s1. The Balaban J connectivity index is 1.33. The van der Waals surface area contributed by atoms with E-state index in [0.29, 0.717) is 11.9 Å². The van der Waals surface area contributed by atoms with Crippen LogP contribution in [0.5, 0.6) is 0 Å². The van der Waals surface area contributed by atoms with Crippen LogP contribution in [-0.4, -0.2) is 71.1 Å². The van der Waals surface area contributed by atoms with Crippen LogP contribution in [0.2, 0.25) is 0 Å². The summed E-state index contributed by atoms with van der Waals surface area (Å²) in [6, 6.07) is 0.363. The summed E-state index contributed by atoms with van der Waals surface area (Å²) in [5.74, 6) is 1.18. The highest BCUT2D eigenvalue weighted by molar-refractivity contribution is 5.83. The van der Waals surface area contributed by atoms with Gasteiger partial charge in [-0.2, -0.15) is 0 Å². The Hall–Kier alpha value is -1.40. The molecule has 2 saturated heterocycles. The molecule has 0 aromatic carbocycles. The molecule has 3 heterocycles. The van der Waals surface area contributed by atoms with E-state index in [9.17, 15) is 4.79 Å². The molecule has 1 aromatic heterocycles. The Morgan fingerprint density at radius 2 is 2.03 bits per heavy atom. The number of hydrogen-bond donors (Lipinski definition) is 1. The number of piperidine rings is 2. The minimum atomic E-state index is -0.189. The number of likely N-dealkylation sites (N-methyl/N-ethyl adjacent to an activating group) is 1. The molecule has 6 nitrogen and oxygen atoms in total. The number of fused-ring (bicyclic) bond motifs is 1. The minimum Gasteiger partial charge on any atom is -0.356 e. The van der Waals surface area contributed by atoms with Crippen LogP contribution in [0, 0.1) is 11.3 Å². The molecule has 4 rings (SSSR count). The van der Waals surface area contributed by atoms with Crippen LogP contribution in [0.3, 0.4) is 0 Å². The molecule has 1 amide bonds. The maximum Gasteiger partial charge on any atom is 0.227 e. The number of aromatic nitrogens is 2. The summed E-state index contributed by atoms with van der Waals surface area (Å²) >= 11 is 0. The third kappa shape index (κ3) is 4.85. The van der Waals surface area contributed by atoms with Crippen molar-refractivity contribution in [2.75, 3.05) is 39.8 Å². The van der Waals surface area contributed by atoms with Crippen molar-refractivity contribution in [2.45, 2.75) is 70.4 Å². The van der Waals surface area contributed by atoms with Gasteiger partial charge < -0.3 is 19.7 Å². The zero-order chi connectivity index (χ0) is 20.1. The molecule has 1 aliphatic carbocycles. The number of likely N-dealkylation sites (tertiary alicyclic amines) is 2. The molecule has 3 aliphatic rings. The van der Waals surface area contributed by atoms with Crippen molar-refractivity contribution >= 4 is 5.91 Å². The Morgan fingerprint density at radius 1 is 1.17 bits per heavy atom. The number of carbonyl (C=O) groups excluding carboxylic acids is 1. The van der Waals surface area contributed by atoms with E-state index in [1.54, 1.807) is 6.20 Å². The summed E-state index contributed by atoms with van der Waals surface area (Å²) in [5.41, 5.74) is -0.189. The molecule has 0 radical (unpaired) electrons. The number of imidazole rings is 1. The van der Waals surface area contributed by atoms with Gasteiger partial charge in [0.1, 0.15) is 0 Å². The number of nitrogens with one attached hydrogen (secondary N) is 1. The van der Waals surface area contributed by atoms with Gasteiger partial charge in [0.25, 0.3) is 0 Å². The van der Waals surface area contributed by atoms with Crippen LogP contribution < -0.4 is 5.32 Å². The molecule has 1 N–H and O–H groups in total. The average molecular weight is 402 g/mol. The molecule has 1 saturated carbocycles. The Kier molecular flexibility index (Phi) is 6.91. The summed E-state index contributed by atoms with van der Waals surface area (Å²) < 4.78 is 2.07. The molecule has 2 atom stereocenters. The maximum atomic E-state index is 13.4. The molecule has 0 bridgehead atoms. The van der Waals surface area contributed by atoms with Gasteiger partial charge in [-0.3, -0.25) is 4.79 Å². The van der Waals surface area contributed by atoms with Crippen LogP contribution in [0.15, 0.2) is 18.7 Å². The topological polar surface area (TPSA) is 53.4 Å². The second-order valence-electron chi connectivity index (χ2n) is 9.68. The lowest BCUT2D eigenvalue weighted by Crippen LogP contribution is -2.65. The number of nitrogens with zero attached hydrogens (tertiary/aromatic N) is 4. The van der Waals surface area contributed by atoms with Gasteiger partial charge in [0, 0.05) is 44.6 Å². The summed E-state index contributed by atoms with van der Waals surface area (Å²) in [7, 11) is 2.23. The van der Waals surface area contributed by atoms with Crippen molar-refractivity contribution in [3.8, 4) is 0 Å². The van der Waals surface area contributed by atoms with Crippen molar-refractivity contribution < 1.29 is 4.79 Å². The first-order valence-electron chi connectivity index (χ1n) is 11.8. The third-order valence-electron chi connectivity index (χ3n) is 7.74. The quantitative estimate of drug-likeness (QED) is 0.714.